The van der Waals surface area contributed by atoms with Crippen LogP contribution >= 0.6 is 0 Å². The van der Waals surface area contributed by atoms with Crippen molar-refractivity contribution in [2.45, 2.75) is 38.8 Å². The molecule has 130 valence electrons. The molecule has 0 spiro atoms. The minimum Gasteiger partial charge on any atom is -0.494 e. The molecule has 2 aromatic heterocycles. The highest BCUT2D eigenvalue weighted by Crippen LogP contribution is 2.22. The lowest BCUT2D eigenvalue weighted by Crippen LogP contribution is -2.22. The maximum absolute atomic E-state index is 14.0. The highest BCUT2D eigenvalue weighted by atomic mass is 19.1. The molecule has 4 rings (SSSR count). The molecule has 1 aliphatic rings. The third-order valence-electron chi connectivity index (χ3n) is 4.75. The van der Waals surface area contributed by atoms with E-state index < -0.39 is 5.82 Å². The third-order valence-corrected chi connectivity index (χ3v) is 4.75. The van der Waals surface area contributed by atoms with Crippen molar-refractivity contribution in [3.05, 3.63) is 52.2 Å². The van der Waals surface area contributed by atoms with Crippen LogP contribution in [0.1, 0.15) is 30.9 Å². The van der Waals surface area contributed by atoms with Gasteiger partial charge in [-0.05, 0) is 36.4 Å². The van der Waals surface area contributed by atoms with E-state index in [4.69, 9.17) is 4.74 Å². The molecule has 0 atom stereocenters. The summed E-state index contributed by atoms with van der Waals surface area (Å²) in [6.07, 6.45) is 6.02. The van der Waals surface area contributed by atoms with Crippen LogP contribution in [0, 0.1) is 5.82 Å². The number of pyridine rings is 1. The van der Waals surface area contributed by atoms with Crippen molar-refractivity contribution >= 4 is 10.8 Å². The first-order valence-corrected chi connectivity index (χ1v) is 8.45. The largest absolute Gasteiger partial charge is 0.494 e. The quantitative estimate of drug-likeness (QED) is 0.734. The van der Waals surface area contributed by atoms with Crippen molar-refractivity contribution in [1.29, 1.82) is 0 Å². The lowest BCUT2D eigenvalue weighted by atomic mass is 10.1. The van der Waals surface area contributed by atoms with E-state index in [2.05, 4.69) is 14.8 Å². The Morgan fingerprint density at radius 1 is 1.24 bits per heavy atom. The predicted octanol–water partition coefficient (Wildman–Crippen LogP) is 2.52. The molecule has 6 nitrogen and oxygen atoms in total. The molecule has 1 aromatic carbocycles. The van der Waals surface area contributed by atoms with E-state index in [1.807, 2.05) is 0 Å². The number of methoxy groups -OCH3 is 1. The van der Waals surface area contributed by atoms with Gasteiger partial charge in [0, 0.05) is 19.2 Å². The summed E-state index contributed by atoms with van der Waals surface area (Å²) in [5, 5.41) is 9.51. The van der Waals surface area contributed by atoms with Crippen LogP contribution in [0.3, 0.4) is 0 Å². The van der Waals surface area contributed by atoms with Crippen LogP contribution in [0.15, 0.2) is 29.2 Å². The van der Waals surface area contributed by atoms with Gasteiger partial charge in [-0.3, -0.25) is 4.79 Å². The van der Waals surface area contributed by atoms with Crippen molar-refractivity contribution in [3.8, 4) is 5.75 Å². The molecule has 0 radical (unpaired) electrons. The smallest absolute Gasteiger partial charge is 0.258 e. The fraction of sp³-hybridized carbons (Fsp3) is 0.389. The Morgan fingerprint density at radius 3 is 2.96 bits per heavy atom. The summed E-state index contributed by atoms with van der Waals surface area (Å²) < 4.78 is 22.6. The first-order chi connectivity index (χ1) is 12.2. The summed E-state index contributed by atoms with van der Waals surface area (Å²) in [5.41, 5.74) is -0.245. The number of hydrogen-bond donors (Lipinski definition) is 0. The molecular formula is C18H19FN4O2. The predicted molar refractivity (Wildman–Crippen MR) is 91.4 cm³/mol. The second-order valence-corrected chi connectivity index (χ2v) is 6.32. The van der Waals surface area contributed by atoms with Crippen LogP contribution < -0.4 is 10.3 Å². The summed E-state index contributed by atoms with van der Waals surface area (Å²) in [6, 6.07) is 4.56. The lowest BCUT2D eigenvalue weighted by molar-refractivity contribution is 0.387. The van der Waals surface area contributed by atoms with Crippen LogP contribution in [-0.2, 0) is 19.5 Å². The van der Waals surface area contributed by atoms with E-state index in [9.17, 15) is 9.18 Å². The monoisotopic (exact) mass is 342 g/mol. The van der Waals surface area contributed by atoms with E-state index in [0.717, 1.165) is 37.5 Å². The third kappa shape index (κ3) is 2.79. The molecule has 0 unspecified atom stereocenters. The number of ether oxygens (including phenoxy) is 1. The van der Waals surface area contributed by atoms with Gasteiger partial charge in [0.2, 0.25) is 0 Å². The Labute approximate surface area is 143 Å². The number of rotatable bonds is 3. The zero-order valence-electron chi connectivity index (χ0n) is 14.0. The van der Waals surface area contributed by atoms with E-state index in [1.165, 1.54) is 19.6 Å². The van der Waals surface area contributed by atoms with E-state index in [0.29, 0.717) is 17.3 Å². The van der Waals surface area contributed by atoms with Crippen LogP contribution in [-0.4, -0.2) is 26.4 Å². The summed E-state index contributed by atoms with van der Waals surface area (Å²) in [6.45, 7) is 1.21. The van der Waals surface area contributed by atoms with Crippen LogP contribution in [0.2, 0.25) is 0 Å². The second-order valence-electron chi connectivity index (χ2n) is 6.32. The number of fused-ring (bicyclic) bond motifs is 2. The summed E-state index contributed by atoms with van der Waals surface area (Å²) in [4.78, 5) is 12.7. The molecule has 0 saturated carbocycles. The molecule has 3 aromatic rings. The lowest BCUT2D eigenvalue weighted by Gasteiger charge is -2.10. The minimum atomic E-state index is -0.541. The number of nitrogens with zero attached hydrogens (tertiary/aromatic N) is 4. The maximum Gasteiger partial charge on any atom is 0.258 e. The number of benzene rings is 1. The molecule has 0 aliphatic carbocycles. The topological polar surface area (TPSA) is 61.9 Å². The highest BCUT2D eigenvalue weighted by Gasteiger charge is 2.16. The van der Waals surface area contributed by atoms with Gasteiger partial charge in [0.1, 0.15) is 5.82 Å². The van der Waals surface area contributed by atoms with Gasteiger partial charge in [-0.15, -0.1) is 10.2 Å². The normalized spacial score (nSPS) is 14.3. The van der Waals surface area contributed by atoms with Crippen LogP contribution in [0.4, 0.5) is 4.39 Å². The van der Waals surface area contributed by atoms with Gasteiger partial charge in [0.25, 0.3) is 5.56 Å². The fourth-order valence-electron chi connectivity index (χ4n) is 3.38. The van der Waals surface area contributed by atoms with Crippen LogP contribution in [0.5, 0.6) is 5.75 Å². The Bertz CT molecular complexity index is 993. The summed E-state index contributed by atoms with van der Waals surface area (Å²) in [5.74, 6) is 1.35. The second kappa shape index (κ2) is 6.31. The zero-order valence-corrected chi connectivity index (χ0v) is 14.0. The van der Waals surface area contributed by atoms with Gasteiger partial charge in [0.15, 0.2) is 17.4 Å². The van der Waals surface area contributed by atoms with Crippen LogP contribution in [0.25, 0.3) is 10.8 Å². The number of aromatic nitrogens is 4. The molecule has 1 aliphatic heterocycles. The standard InChI is InChI=1S/C18H19FN4O2/c1-25-15-9-12-6-8-22(18(24)13(12)10-14(15)19)11-17-21-20-16-5-3-2-4-7-23(16)17/h6,8-10H,2-5,7,11H2,1H3. The molecule has 0 saturated heterocycles. The van der Waals surface area contributed by atoms with Gasteiger partial charge in [-0.25, -0.2) is 4.39 Å². The molecule has 0 amide bonds. The molecule has 25 heavy (non-hydrogen) atoms. The zero-order chi connectivity index (χ0) is 17.4. The van der Waals surface area contributed by atoms with Gasteiger partial charge in [-0.1, -0.05) is 6.42 Å². The fourth-order valence-corrected chi connectivity index (χ4v) is 3.38. The van der Waals surface area contributed by atoms with E-state index in [1.54, 1.807) is 22.9 Å². The number of aryl methyl sites for hydroxylation is 1. The molecular weight excluding hydrogens is 323 g/mol. The van der Waals surface area contributed by atoms with Crippen molar-refractivity contribution in [2.24, 2.45) is 0 Å². The first kappa shape index (κ1) is 15.8. The Kier molecular flexibility index (Phi) is 3.99. The first-order valence-electron chi connectivity index (χ1n) is 8.45. The van der Waals surface area contributed by atoms with Gasteiger partial charge in [0.05, 0.1) is 19.0 Å². The average molecular weight is 342 g/mol. The summed E-state index contributed by atoms with van der Waals surface area (Å²) >= 11 is 0. The number of hydrogen-bond acceptors (Lipinski definition) is 4. The van der Waals surface area contributed by atoms with Crippen molar-refractivity contribution in [1.82, 2.24) is 19.3 Å². The Hall–Kier alpha value is -2.70. The minimum absolute atomic E-state index is 0.132. The Balaban J connectivity index is 1.74. The van der Waals surface area contributed by atoms with Crippen molar-refractivity contribution in [3.63, 3.8) is 0 Å². The van der Waals surface area contributed by atoms with Crippen molar-refractivity contribution in [2.75, 3.05) is 7.11 Å². The molecule has 0 fully saturated rings. The average Bonchev–Trinajstić information content (AvgIpc) is 2.84. The molecule has 0 bridgehead atoms. The van der Waals surface area contributed by atoms with Gasteiger partial charge >= 0.3 is 0 Å². The number of halogens is 1. The Morgan fingerprint density at radius 2 is 2.12 bits per heavy atom. The maximum atomic E-state index is 14.0. The van der Waals surface area contributed by atoms with E-state index >= 15 is 0 Å². The molecule has 7 heteroatoms. The molecule has 3 heterocycles. The van der Waals surface area contributed by atoms with Gasteiger partial charge < -0.3 is 13.9 Å². The summed E-state index contributed by atoms with van der Waals surface area (Å²) in [7, 11) is 1.41. The SMILES string of the molecule is COc1cc2ccn(Cc3nnc4n3CCCCC4)c(=O)c2cc1F. The molecule has 0 N–H and O–H groups in total. The highest BCUT2D eigenvalue weighted by molar-refractivity contribution is 5.83. The van der Waals surface area contributed by atoms with E-state index in [-0.39, 0.29) is 11.3 Å². The van der Waals surface area contributed by atoms with Crippen molar-refractivity contribution < 1.29 is 9.13 Å². The van der Waals surface area contributed by atoms with Gasteiger partial charge in [-0.2, -0.15) is 0 Å².